The van der Waals surface area contributed by atoms with Crippen molar-refractivity contribution in [3.05, 3.63) is 30.1 Å². The molecule has 0 fully saturated rings. The van der Waals surface area contributed by atoms with Crippen LogP contribution in [0.3, 0.4) is 0 Å². The number of hydrogen-bond donors (Lipinski definition) is 1. The lowest BCUT2D eigenvalue weighted by Gasteiger charge is -2.16. The van der Waals surface area contributed by atoms with E-state index in [0.29, 0.717) is 0 Å². The van der Waals surface area contributed by atoms with Gasteiger partial charge < -0.3 is 10.5 Å². The van der Waals surface area contributed by atoms with Gasteiger partial charge in [-0.1, -0.05) is 13.3 Å². The first-order valence-corrected chi connectivity index (χ1v) is 6.43. The van der Waals surface area contributed by atoms with Crippen molar-refractivity contribution in [2.24, 2.45) is 0 Å². The van der Waals surface area contributed by atoms with Crippen LogP contribution in [0.5, 0.6) is 5.75 Å². The Morgan fingerprint density at radius 1 is 1.33 bits per heavy atom. The Balaban J connectivity index is 2.44. The fraction of sp³-hybridized carbons (Fsp3) is 0.400. The van der Waals surface area contributed by atoms with Gasteiger partial charge in [0.15, 0.2) is 0 Å². The Morgan fingerprint density at radius 3 is 2.83 bits per heavy atom. The molecule has 0 aliphatic heterocycles. The number of ether oxygens (including phenoxy) is 1. The Bertz CT molecular complexity index is 551. The van der Waals surface area contributed by atoms with Crippen molar-refractivity contribution in [3.8, 4) is 5.75 Å². The van der Waals surface area contributed by atoms with Gasteiger partial charge in [0.05, 0.1) is 6.10 Å². The van der Waals surface area contributed by atoms with Crippen molar-refractivity contribution in [1.29, 1.82) is 0 Å². The lowest BCUT2D eigenvalue weighted by Crippen LogP contribution is -2.11. The highest BCUT2D eigenvalue weighted by atomic mass is 16.5. The van der Waals surface area contributed by atoms with Gasteiger partial charge in [0.25, 0.3) is 0 Å². The van der Waals surface area contributed by atoms with Gasteiger partial charge in [0.2, 0.25) is 0 Å². The van der Waals surface area contributed by atoms with E-state index in [9.17, 15) is 0 Å². The molecule has 0 spiro atoms. The molecule has 18 heavy (non-hydrogen) atoms. The lowest BCUT2D eigenvalue weighted by molar-refractivity contribution is 0.212. The van der Waals surface area contributed by atoms with E-state index in [4.69, 9.17) is 10.5 Å². The largest absolute Gasteiger partial charge is 0.490 e. The van der Waals surface area contributed by atoms with Crippen molar-refractivity contribution in [1.82, 2.24) is 4.98 Å². The summed E-state index contributed by atoms with van der Waals surface area (Å²) in [6, 6.07) is 5.86. The molecule has 0 amide bonds. The molecule has 0 aliphatic rings. The molecule has 1 aromatic heterocycles. The minimum Gasteiger partial charge on any atom is -0.490 e. The molecule has 96 valence electrons. The number of aryl methyl sites for hydroxylation is 1. The number of pyridine rings is 1. The van der Waals surface area contributed by atoms with Crippen LogP contribution in [0.4, 0.5) is 5.69 Å². The van der Waals surface area contributed by atoms with Crippen LogP contribution < -0.4 is 10.5 Å². The number of nitrogens with two attached hydrogens (primary N) is 1. The zero-order valence-corrected chi connectivity index (χ0v) is 11.2. The van der Waals surface area contributed by atoms with E-state index in [0.717, 1.165) is 40.7 Å². The standard InChI is InChI=1S/C15H20N2O/c1-4-5-11(3)18-15-7-6-14(16)13-9-17-10(2)8-12(13)15/h6-9,11H,4-5,16H2,1-3H3. The highest BCUT2D eigenvalue weighted by molar-refractivity contribution is 5.96. The number of benzene rings is 1. The quantitative estimate of drug-likeness (QED) is 0.834. The highest BCUT2D eigenvalue weighted by Gasteiger charge is 2.09. The number of nitrogens with zero attached hydrogens (tertiary/aromatic N) is 1. The monoisotopic (exact) mass is 244 g/mol. The number of aromatic nitrogens is 1. The zero-order valence-electron chi connectivity index (χ0n) is 11.2. The smallest absolute Gasteiger partial charge is 0.127 e. The van der Waals surface area contributed by atoms with E-state index < -0.39 is 0 Å². The second-order valence-electron chi connectivity index (χ2n) is 4.74. The third-order valence-corrected chi connectivity index (χ3v) is 3.05. The maximum atomic E-state index is 5.99. The molecule has 1 unspecified atom stereocenters. The number of nitrogen functional groups attached to an aromatic ring is 1. The molecule has 3 nitrogen and oxygen atoms in total. The Morgan fingerprint density at radius 2 is 2.11 bits per heavy atom. The molecule has 1 atom stereocenters. The molecule has 0 aliphatic carbocycles. The van der Waals surface area contributed by atoms with Gasteiger partial charge in [-0.25, -0.2) is 0 Å². The van der Waals surface area contributed by atoms with Gasteiger partial charge >= 0.3 is 0 Å². The van der Waals surface area contributed by atoms with Crippen LogP contribution in [0.25, 0.3) is 10.8 Å². The van der Waals surface area contributed by atoms with Crippen LogP contribution in [0.1, 0.15) is 32.4 Å². The van der Waals surface area contributed by atoms with Crippen molar-refractivity contribution in [2.45, 2.75) is 39.7 Å². The molecule has 0 saturated carbocycles. The van der Waals surface area contributed by atoms with E-state index in [1.807, 2.05) is 31.3 Å². The topological polar surface area (TPSA) is 48.1 Å². The van der Waals surface area contributed by atoms with Crippen LogP contribution >= 0.6 is 0 Å². The van der Waals surface area contributed by atoms with Crippen molar-refractivity contribution < 1.29 is 4.74 Å². The summed E-state index contributed by atoms with van der Waals surface area (Å²) in [6.07, 6.45) is 4.21. The van der Waals surface area contributed by atoms with Crippen LogP contribution in [0, 0.1) is 6.92 Å². The highest BCUT2D eigenvalue weighted by Crippen LogP contribution is 2.31. The summed E-state index contributed by atoms with van der Waals surface area (Å²) in [6.45, 7) is 6.23. The maximum absolute atomic E-state index is 5.99. The molecule has 0 radical (unpaired) electrons. The van der Waals surface area contributed by atoms with E-state index in [-0.39, 0.29) is 6.10 Å². The van der Waals surface area contributed by atoms with E-state index in [1.165, 1.54) is 0 Å². The first-order chi connectivity index (χ1) is 8.61. The number of fused-ring (bicyclic) bond motifs is 1. The summed E-state index contributed by atoms with van der Waals surface area (Å²) in [5.41, 5.74) is 7.69. The SMILES string of the molecule is CCCC(C)Oc1ccc(N)c2cnc(C)cc12. The molecule has 1 heterocycles. The maximum Gasteiger partial charge on any atom is 0.127 e. The van der Waals surface area contributed by atoms with Crippen LogP contribution in [-0.2, 0) is 0 Å². The molecule has 2 aromatic rings. The molecule has 2 N–H and O–H groups in total. The second-order valence-corrected chi connectivity index (χ2v) is 4.74. The van der Waals surface area contributed by atoms with Gasteiger partial charge in [-0.15, -0.1) is 0 Å². The van der Waals surface area contributed by atoms with E-state index in [2.05, 4.69) is 18.8 Å². The summed E-state index contributed by atoms with van der Waals surface area (Å²) in [7, 11) is 0. The Kier molecular flexibility index (Phi) is 3.70. The van der Waals surface area contributed by atoms with Gasteiger partial charge in [-0.3, -0.25) is 4.98 Å². The first kappa shape index (κ1) is 12.7. The summed E-state index contributed by atoms with van der Waals surface area (Å²) >= 11 is 0. The molecular weight excluding hydrogens is 224 g/mol. The molecule has 0 saturated heterocycles. The van der Waals surface area contributed by atoms with Gasteiger partial charge in [0, 0.05) is 28.4 Å². The molecule has 2 rings (SSSR count). The molecular formula is C15H20N2O. The number of anilines is 1. The normalized spacial score (nSPS) is 12.6. The lowest BCUT2D eigenvalue weighted by atomic mass is 10.1. The van der Waals surface area contributed by atoms with E-state index in [1.54, 1.807) is 0 Å². The fourth-order valence-corrected chi connectivity index (χ4v) is 2.12. The van der Waals surface area contributed by atoms with Gasteiger partial charge in [-0.05, 0) is 38.5 Å². The second kappa shape index (κ2) is 5.25. The third kappa shape index (κ3) is 2.55. The summed E-state index contributed by atoms with van der Waals surface area (Å²) in [4.78, 5) is 4.29. The summed E-state index contributed by atoms with van der Waals surface area (Å²) < 4.78 is 5.99. The summed E-state index contributed by atoms with van der Waals surface area (Å²) in [5.74, 6) is 0.894. The van der Waals surface area contributed by atoms with Crippen LogP contribution in [-0.4, -0.2) is 11.1 Å². The summed E-state index contributed by atoms with van der Waals surface area (Å²) in [5, 5.41) is 2.01. The predicted octanol–water partition coefficient (Wildman–Crippen LogP) is 3.69. The average molecular weight is 244 g/mol. The first-order valence-electron chi connectivity index (χ1n) is 6.43. The minimum atomic E-state index is 0.218. The molecule has 0 bridgehead atoms. The molecule has 1 aromatic carbocycles. The van der Waals surface area contributed by atoms with Crippen LogP contribution in [0.15, 0.2) is 24.4 Å². The predicted molar refractivity (Wildman–Crippen MR) is 75.9 cm³/mol. The van der Waals surface area contributed by atoms with Gasteiger partial charge in [-0.2, -0.15) is 0 Å². The fourth-order valence-electron chi connectivity index (χ4n) is 2.12. The van der Waals surface area contributed by atoms with Crippen LogP contribution in [0.2, 0.25) is 0 Å². The third-order valence-electron chi connectivity index (χ3n) is 3.05. The molecule has 3 heteroatoms. The van der Waals surface area contributed by atoms with Crippen molar-refractivity contribution >= 4 is 16.5 Å². The zero-order chi connectivity index (χ0) is 13.1. The van der Waals surface area contributed by atoms with Crippen molar-refractivity contribution in [3.63, 3.8) is 0 Å². The van der Waals surface area contributed by atoms with E-state index >= 15 is 0 Å². The Labute approximate surface area is 108 Å². The van der Waals surface area contributed by atoms with Crippen molar-refractivity contribution in [2.75, 3.05) is 5.73 Å². The minimum absolute atomic E-state index is 0.218. The Hall–Kier alpha value is -1.77. The number of hydrogen-bond acceptors (Lipinski definition) is 3. The van der Waals surface area contributed by atoms with Gasteiger partial charge in [0.1, 0.15) is 5.75 Å². The average Bonchev–Trinajstić information content (AvgIpc) is 2.33. The number of rotatable bonds is 4.